The van der Waals surface area contributed by atoms with Crippen molar-refractivity contribution >= 4 is 0 Å². The highest BCUT2D eigenvalue weighted by atomic mass is 15.2. The molecule has 1 unspecified atom stereocenters. The van der Waals surface area contributed by atoms with Crippen LogP contribution in [0.15, 0.2) is 0 Å². The van der Waals surface area contributed by atoms with Gasteiger partial charge in [-0.1, -0.05) is 40.0 Å². The molecule has 2 fully saturated rings. The molecule has 0 aromatic heterocycles. The van der Waals surface area contributed by atoms with Gasteiger partial charge in [0.05, 0.1) is 0 Å². The molecule has 20 heavy (non-hydrogen) atoms. The van der Waals surface area contributed by atoms with Crippen LogP contribution in [-0.2, 0) is 0 Å². The SMILES string of the molecule is CCC1CCCN1CC1(CNCC(C)C)CCCCC1. The fourth-order valence-corrected chi connectivity index (χ4v) is 4.32. The normalized spacial score (nSPS) is 27.3. The lowest BCUT2D eigenvalue weighted by atomic mass is 9.73. The van der Waals surface area contributed by atoms with Gasteiger partial charge in [-0.2, -0.15) is 0 Å². The molecule has 118 valence electrons. The predicted molar refractivity (Wildman–Crippen MR) is 88.1 cm³/mol. The monoisotopic (exact) mass is 280 g/mol. The molecule has 0 bridgehead atoms. The lowest BCUT2D eigenvalue weighted by Gasteiger charge is -2.42. The van der Waals surface area contributed by atoms with Gasteiger partial charge in [-0.25, -0.2) is 0 Å². The Morgan fingerprint density at radius 1 is 1.15 bits per heavy atom. The average Bonchev–Trinajstić information content (AvgIpc) is 2.86. The zero-order chi connectivity index (χ0) is 14.4. The lowest BCUT2D eigenvalue weighted by molar-refractivity contribution is 0.0927. The molecule has 0 spiro atoms. The van der Waals surface area contributed by atoms with Crippen LogP contribution in [-0.4, -0.2) is 37.1 Å². The molecule has 0 radical (unpaired) electrons. The van der Waals surface area contributed by atoms with E-state index in [0.29, 0.717) is 5.41 Å². The second-order valence-corrected chi connectivity index (χ2v) is 7.76. The van der Waals surface area contributed by atoms with Crippen LogP contribution in [0.3, 0.4) is 0 Å². The van der Waals surface area contributed by atoms with E-state index in [1.165, 1.54) is 77.5 Å². The van der Waals surface area contributed by atoms with Crippen molar-refractivity contribution in [2.75, 3.05) is 26.2 Å². The molecule has 2 heteroatoms. The summed E-state index contributed by atoms with van der Waals surface area (Å²) < 4.78 is 0. The van der Waals surface area contributed by atoms with Gasteiger partial charge in [0, 0.05) is 19.1 Å². The van der Waals surface area contributed by atoms with Gasteiger partial charge in [0.1, 0.15) is 0 Å². The minimum Gasteiger partial charge on any atom is -0.316 e. The number of nitrogens with zero attached hydrogens (tertiary/aromatic N) is 1. The van der Waals surface area contributed by atoms with Crippen LogP contribution in [0.25, 0.3) is 0 Å². The van der Waals surface area contributed by atoms with Crippen molar-refractivity contribution in [2.45, 2.75) is 78.2 Å². The standard InChI is InChI=1S/C18H36N2/c1-4-17-9-8-12-20(17)15-18(10-6-5-7-11-18)14-19-13-16(2)3/h16-17,19H,4-15H2,1-3H3. The van der Waals surface area contributed by atoms with Gasteiger partial charge in [-0.3, -0.25) is 4.90 Å². The lowest BCUT2D eigenvalue weighted by Crippen LogP contribution is -2.47. The van der Waals surface area contributed by atoms with Crippen LogP contribution in [0, 0.1) is 11.3 Å². The Morgan fingerprint density at radius 3 is 2.55 bits per heavy atom. The molecule has 0 aromatic carbocycles. The Morgan fingerprint density at radius 2 is 1.90 bits per heavy atom. The summed E-state index contributed by atoms with van der Waals surface area (Å²) in [7, 11) is 0. The van der Waals surface area contributed by atoms with Gasteiger partial charge in [0.15, 0.2) is 0 Å². The summed E-state index contributed by atoms with van der Waals surface area (Å²) in [5.74, 6) is 0.769. The number of rotatable bonds is 7. The third-order valence-corrected chi connectivity index (χ3v) is 5.48. The van der Waals surface area contributed by atoms with Crippen LogP contribution < -0.4 is 5.32 Å². The molecule has 0 amide bonds. The van der Waals surface area contributed by atoms with Gasteiger partial charge >= 0.3 is 0 Å². The van der Waals surface area contributed by atoms with E-state index in [4.69, 9.17) is 0 Å². The van der Waals surface area contributed by atoms with Crippen LogP contribution in [0.5, 0.6) is 0 Å². The second-order valence-electron chi connectivity index (χ2n) is 7.76. The third kappa shape index (κ3) is 4.46. The minimum atomic E-state index is 0.574. The molecule has 2 nitrogen and oxygen atoms in total. The van der Waals surface area contributed by atoms with E-state index in [1.54, 1.807) is 0 Å². The van der Waals surface area contributed by atoms with Crippen molar-refractivity contribution in [1.82, 2.24) is 10.2 Å². The van der Waals surface area contributed by atoms with Crippen LogP contribution in [0.4, 0.5) is 0 Å². The van der Waals surface area contributed by atoms with Gasteiger partial charge in [0.2, 0.25) is 0 Å². The summed E-state index contributed by atoms with van der Waals surface area (Å²) in [5, 5.41) is 3.78. The molecule has 1 atom stereocenters. The number of nitrogens with one attached hydrogen (secondary N) is 1. The molecule has 2 rings (SSSR count). The highest BCUT2D eigenvalue weighted by Crippen LogP contribution is 2.38. The average molecular weight is 281 g/mol. The van der Waals surface area contributed by atoms with Crippen molar-refractivity contribution in [1.29, 1.82) is 0 Å². The Labute approximate surface area is 126 Å². The van der Waals surface area contributed by atoms with Gasteiger partial charge in [-0.15, -0.1) is 0 Å². The molecule has 1 aliphatic heterocycles. The zero-order valence-electron chi connectivity index (χ0n) is 14.1. The van der Waals surface area contributed by atoms with E-state index >= 15 is 0 Å². The highest BCUT2D eigenvalue weighted by molar-refractivity contribution is 4.91. The molecule has 1 heterocycles. The fourth-order valence-electron chi connectivity index (χ4n) is 4.32. The Balaban J connectivity index is 1.91. The topological polar surface area (TPSA) is 15.3 Å². The number of hydrogen-bond donors (Lipinski definition) is 1. The van der Waals surface area contributed by atoms with Gasteiger partial charge in [-0.05, 0) is 56.5 Å². The van der Waals surface area contributed by atoms with E-state index in [1.807, 2.05) is 0 Å². The first kappa shape index (κ1) is 16.3. The van der Waals surface area contributed by atoms with E-state index < -0.39 is 0 Å². The van der Waals surface area contributed by atoms with Crippen molar-refractivity contribution in [3.8, 4) is 0 Å². The smallest absolute Gasteiger partial charge is 0.00933 e. The molecule has 1 N–H and O–H groups in total. The molecular weight excluding hydrogens is 244 g/mol. The second kappa shape index (κ2) is 7.79. The first-order valence-electron chi connectivity index (χ1n) is 9.10. The van der Waals surface area contributed by atoms with Crippen molar-refractivity contribution < 1.29 is 0 Å². The molecular formula is C18H36N2. The zero-order valence-corrected chi connectivity index (χ0v) is 14.1. The molecule has 1 aliphatic carbocycles. The van der Waals surface area contributed by atoms with Crippen molar-refractivity contribution in [3.05, 3.63) is 0 Å². The maximum Gasteiger partial charge on any atom is 0.00933 e. The molecule has 0 aromatic rings. The maximum atomic E-state index is 3.78. The van der Waals surface area contributed by atoms with E-state index in [0.717, 1.165) is 12.0 Å². The minimum absolute atomic E-state index is 0.574. The first-order valence-corrected chi connectivity index (χ1v) is 9.10. The Hall–Kier alpha value is -0.0800. The Bertz CT molecular complexity index is 269. The summed E-state index contributed by atoms with van der Waals surface area (Å²) in [4.78, 5) is 2.82. The summed E-state index contributed by atoms with van der Waals surface area (Å²) >= 11 is 0. The number of likely N-dealkylation sites (tertiary alicyclic amines) is 1. The maximum absolute atomic E-state index is 3.78. The summed E-state index contributed by atoms with van der Waals surface area (Å²) in [5.41, 5.74) is 0.574. The van der Waals surface area contributed by atoms with E-state index in [2.05, 4.69) is 31.0 Å². The summed E-state index contributed by atoms with van der Waals surface area (Å²) in [6.45, 7) is 12.1. The van der Waals surface area contributed by atoms with Crippen molar-refractivity contribution in [3.63, 3.8) is 0 Å². The van der Waals surface area contributed by atoms with Gasteiger partial charge in [0.25, 0.3) is 0 Å². The van der Waals surface area contributed by atoms with Crippen molar-refractivity contribution in [2.24, 2.45) is 11.3 Å². The Kier molecular flexibility index (Phi) is 6.35. The third-order valence-electron chi connectivity index (χ3n) is 5.48. The fraction of sp³-hybridized carbons (Fsp3) is 1.00. The number of hydrogen-bond acceptors (Lipinski definition) is 2. The largest absolute Gasteiger partial charge is 0.316 e. The van der Waals surface area contributed by atoms with Crippen LogP contribution >= 0.6 is 0 Å². The van der Waals surface area contributed by atoms with E-state index in [9.17, 15) is 0 Å². The summed E-state index contributed by atoms with van der Waals surface area (Å²) in [6.07, 6.45) is 11.5. The molecule has 2 aliphatic rings. The van der Waals surface area contributed by atoms with Crippen LogP contribution in [0.1, 0.15) is 72.1 Å². The summed E-state index contributed by atoms with van der Waals surface area (Å²) in [6, 6.07) is 0.874. The molecule has 1 saturated heterocycles. The van der Waals surface area contributed by atoms with Gasteiger partial charge < -0.3 is 5.32 Å². The molecule has 1 saturated carbocycles. The quantitative estimate of drug-likeness (QED) is 0.756. The first-order chi connectivity index (χ1) is 9.65. The van der Waals surface area contributed by atoms with E-state index in [-0.39, 0.29) is 0 Å². The predicted octanol–water partition coefficient (Wildman–Crippen LogP) is 4.06. The van der Waals surface area contributed by atoms with Crippen LogP contribution in [0.2, 0.25) is 0 Å². The highest BCUT2D eigenvalue weighted by Gasteiger charge is 2.36.